The SMILES string of the molecule is Cl.O=C(O)[C@@H]1CCCN1CC(=O)N(C1CCCC1)C1CCS(=O)(=O)C1. The number of sulfone groups is 1. The molecule has 3 rings (SSSR count). The highest BCUT2D eigenvalue weighted by Crippen LogP contribution is 2.30. The van der Waals surface area contributed by atoms with E-state index in [-0.39, 0.29) is 48.4 Å². The standard InChI is InChI=1S/C16H26N2O5S.ClH/c19-15(10-17-8-3-6-14(17)16(20)21)18(12-4-1-2-5-12)13-7-9-24(22,23)11-13;/h12-14H,1-11H2,(H,20,21);1H/t13?,14-;/m0./s1. The highest BCUT2D eigenvalue weighted by Gasteiger charge is 2.40. The van der Waals surface area contributed by atoms with Gasteiger partial charge in [0.2, 0.25) is 5.91 Å². The minimum Gasteiger partial charge on any atom is -0.480 e. The van der Waals surface area contributed by atoms with E-state index in [4.69, 9.17) is 0 Å². The summed E-state index contributed by atoms with van der Waals surface area (Å²) in [5.74, 6) is -0.777. The van der Waals surface area contributed by atoms with Crippen molar-refractivity contribution in [2.24, 2.45) is 0 Å². The Kier molecular flexibility index (Phi) is 6.73. The third kappa shape index (κ3) is 4.65. The third-order valence-electron chi connectivity index (χ3n) is 5.59. The fourth-order valence-electron chi connectivity index (χ4n) is 4.43. The number of likely N-dealkylation sites (tertiary alicyclic amines) is 1. The van der Waals surface area contributed by atoms with Gasteiger partial charge in [0.15, 0.2) is 9.84 Å². The maximum Gasteiger partial charge on any atom is 0.320 e. The Morgan fingerprint density at radius 1 is 1.04 bits per heavy atom. The lowest BCUT2D eigenvalue weighted by Crippen LogP contribution is -2.52. The van der Waals surface area contributed by atoms with Crippen LogP contribution in [0.3, 0.4) is 0 Å². The average molecular weight is 395 g/mol. The zero-order valence-corrected chi connectivity index (χ0v) is 15.9. The van der Waals surface area contributed by atoms with Crippen molar-refractivity contribution >= 4 is 34.1 Å². The Hall–Kier alpha value is -0.860. The molecule has 1 unspecified atom stereocenters. The van der Waals surface area contributed by atoms with E-state index >= 15 is 0 Å². The Morgan fingerprint density at radius 2 is 1.72 bits per heavy atom. The van der Waals surface area contributed by atoms with Gasteiger partial charge < -0.3 is 10.0 Å². The number of halogens is 1. The van der Waals surface area contributed by atoms with E-state index in [9.17, 15) is 23.1 Å². The molecular weight excluding hydrogens is 368 g/mol. The summed E-state index contributed by atoms with van der Waals surface area (Å²) in [6.07, 6.45) is 5.84. The van der Waals surface area contributed by atoms with Gasteiger partial charge in [0.25, 0.3) is 0 Å². The van der Waals surface area contributed by atoms with Crippen LogP contribution in [-0.2, 0) is 19.4 Å². The van der Waals surface area contributed by atoms with Crippen LogP contribution >= 0.6 is 12.4 Å². The number of rotatable bonds is 5. The number of carboxylic acid groups (broad SMARTS) is 1. The van der Waals surface area contributed by atoms with Crippen LogP contribution in [0, 0.1) is 0 Å². The second kappa shape index (κ2) is 8.22. The van der Waals surface area contributed by atoms with Crippen molar-refractivity contribution in [1.82, 2.24) is 9.80 Å². The molecule has 3 aliphatic rings. The van der Waals surface area contributed by atoms with Gasteiger partial charge in [-0.3, -0.25) is 14.5 Å². The molecule has 0 spiro atoms. The Morgan fingerprint density at radius 3 is 2.28 bits per heavy atom. The van der Waals surface area contributed by atoms with Crippen LogP contribution in [0.5, 0.6) is 0 Å². The monoisotopic (exact) mass is 394 g/mol. The van der Waals surface area contributed by atoms with Crippen LogP contribution < -0.4 is 0 Å². The van der Waals surface area contributed by atoms with Gasteiger partial charge in [0.1, 0.15) is 6.04 Å². The molecule has 2 saturated heterocycles. The van der Waals surface area contributed by atoms with Gasteiger partial charge in [-0.1, -0.05) is 12.8 Å². The Balaban J connectivity index is 0.00000225. The van der Waals surface area contributed by atoms with Crippen LogP contribution in [-0.4, -0.2) is 77.9 Å². The lowest BCUT2D eigenvalue weighted by molar-refractivity contribution is -0.144. The van der Waals surface area contributed by atoms with Gasteiger partial charge in [0, 0.05) is 12.1 Å². The first-order valence-corrected chi connectivity index (χ1v) is 10.7. The first-order chi connectivity index (χ1) is 11.4. The van der Waals surface area contributed by atoms with E-state index < -0.39 is 21.8 Å². The molecule has 1 saturated carbocycles. The van der Waals surface area contributed by atoms with Gasteiger partial charge >= 0.3 is 5.97 Å². The van der Waals surface area contributed by atoms with Crippen LogP contribution in [0.1, 0.15) is 44.9 Å². The summed E-state index contributed by atoms with van der Waals surface area (Å²) in [4.78, 5) is 27.8. The lowest BCUT2D eigenvalue weighted by atomic mass is 10.1. The van der Waals surface area contributed by atoms with Crippen LogP contribution in [0.4, 0.5) is 0 Å². The van der Waals surface area contributed by atoms with Crippen molar-refractivity contribution in [2.75, 3.05) is 24.6 Å². The molecule has 3 fully saturated rings. The number of hydrogen-bond acceptors (Lipinski definition) is 5. The molecule has 2 aliphatic heterocycles. The maximum absolute atomic E-state index is 12.9. The van der Waals surface area contributed by atoms with E-state index in [1.807, 2.05) is 0 Å². The Bertz CT molecular complexity index is 606. The number of aliphatic carboxylic acids is 1. The smallest absolute Gasteiger partial charge is 0.320 e. The predicted molar refractivity (Wildman–Crippen MR) is 95.6 cm³/mol. The first kappa shape index (κ1) is 20.5. The predicted octanol–water partition coefficient (Wildman–Crippen LogP) is 0.915. The zero-order valence-electron chi connectivity index (χ0n) is 14.3. The van der Waals surface area contributed by atoms with Crippen LogP contribution in [0.15, 0.2) is 0 Å². The van der Waals surface area contributed by atoms with Crippen molar-refractivity contribution in [2.45, 2.75) is 63.1 Å². The van der Waals surface area contributed by atoms with Crippen molar-refractivity contribution in [3.05, 3.63) is 0 Å². The highest BCUT2D eigenvalue weighted by molar-refractivity contribution is 7.91. The normalized spacial score (nSPS) is 29.4. The number of carbonyl (C=O) groups is 2. The maximum atomic E-state index is 12.9. The molecule has 0 aromatic heterocycles. The van der Waals surface area contributed by atoms with Crippen LogP contribution in [0.2, 0.25) is 0 Å². The van der Waals surface area contributed by atoms with Crippen LogP contribution in [0.25, 0.3) is 0 Å². The molecule has 0 bridgehead atoms. The molecule has 144 valence electrons. The quantitative estimate of drug-likeness (QED) is 0.744. The van der Waals surface area contributed by atoms with Crippen molar-refractivity contribution in [3.8, 4) is 0 Å². The minimum absolute atomic E-state index is 0. The summed E-state index contributed by atoms with van der Waals surface area (Å²) < 4.78 is 23.7. The van der Waals surface area contributed by atoms with Gasteiger partial charge in [-0.15, -0.1) is 12.4 Å². The largest absolute Gasteiger partial charge is 0.480 e. The van der Waals surface area contributed by atoms with E-state index in [2.05, 4.69) is 0 Å². The Labute approximate surface area is 155 Å². The second-order valence-electron chi connectivity index (χ2n) is 7.26. The average Bonchev–Trinajstić information content (AvgIpc) is 3.21. The summed E-state index contributed by atoms with van der Waals surface area (Å²) in [5, 5.41) is 9.28. The molecule has 1 N–H and O–H groups in total. The zero-order chi connectivity index (χ0) is 17.3. The molecule has 0 aromatic carbocycles. The summed E-state index contributed by atoms with van der Waals surface area (Å²) in [6, 6.07) is -0.718. The second-order valence-corrected chi connectivity index (χ2v) is 9.49. The molecule has 9 heteroatoms. The lowest BCUT2D eigenvalue weighted by Gasteiger charge is -2.35. The topological polar surface area (TPSA) is 95.0 Å². The minimum atomic E-state index is -3.06. The fraction of sp³-hybridized carbons (Fsp3) is 0.875. The fourth-order valence-corrected chi connectivity index (χ4v) is 6.14. The van der Waals surface area contributed by atoms with E-state index in [0.29, 0.717) is 19.4 Å². The molecule has 0 radical (unpaired) electrons. The number of hydrogen-bond donors (Lipinski definition) is 1. The van der Waals surface area contributed by atoms with Gasteiger partial charge in [0.05, 0.1) is 18.1 Å². The molecule has 7 nitrogen and oxygen atoms in total. The number of carboxylic acids is 1. The van der Waals surface area contributed by atoms with Gasteiger partial charge in [-0.25, -0.2) is 8.42 Å². The van der Waals surface area contributed by atoms with Gasteiger partial charge in [-0.05, 0) is 38.6 Å². The third-order valence-corrected chi connectivity index (χ3v) is 7.35. The first-order valence-electron chi connectivity index (χ1n) is 8.86. The van der Waals surface area contributed by atoms with Crippen molar-refractivity contribution in [1.29, 1.82) is 0 Å². The molecule has 1 aliphatic carbocycles. The number of nitrogens with zero attached hydrogens (tertiary/aromatic N) is 2. The summed E-state index contributed by atoms with van der Waals surface area (Å²) in [5.41, 5.74) is 0. The number of amides is 1. The summed E-state index contributed by atoms with van der Waals surface area (Å²) >= 11 is 0. The summed E-state index contributed by atoms with van der Waals surface area (Å²) in [6.45, 7) is 0.703. The van der Waals surface area contributed by atoms with E-state index in [1.54, 1.807) is 9.80 Å². The van der Waals surface area contributed by atoms with Gasteiger partial charge in [-0.2, -0.15) is 0 Å². The molecule has 0 aromatic rings. The highest BCUT2D eigenvalue weighted by atomic mass is 35.5. The number of carbonyl (C=O) groups excluding carboxylic acids is 1. The van der Waals surface area contributed by atoms with E-state index in [0.717, 1.165) is 32.1 Å². The molecule has 2 heterocycles. The van der Waals surface area contributed by atoms with Crippen molar-refractivity contribution < 1.29 is 23.1 Å². The summed E-state index contributed by atoms with van der Waals surface area (Å²) in [7, 11) is -3.06. The molecular formula is C16H27ClN2O5S. The van der Waals surface area contributed by atoms with E-state index in [1.165, 1.54) is 0 Å². The molecule has 2 atom stereocenters. The molecule has 25 heavy (non-hydrogen) atoms. The molecule has 1 amide bonds. The van der Waals surface area contributed by atoms with Crippen molar-refractivity contribution in [3.63, 3.8) is 0 Å².